The van der Waals surface area contributed by atoms with E-state index in [1.54, 1.807) is 15.7 Å². The summed E-state index contributed by atoms with van der Waals surface area (Å²) < 4.78 is 3.48. The van der Waals surface area contributed by atoms with E-state index >= 15 is 0 Å². The first-order valence-corrected chi connectivity index (χ1v) is 8.35. The maximum Gasteiger partial charge on any atom is 0.224 e. The van der Waals surface area contributed by atoms with Gasteiger partial charge in [-0.15, -0.1) is 0 Å². The Bertz CT molecular complexity index is 867. The molecule has 3 atom stereocenters. The van der Waals surface area contributed by atoms with E-state index in [9.17, 15) is 4.79 Å². The van der Waals surface area contributed by atoms with Crippen molar-refractivity contribution >= 4 is 5.91 Å². The van der Waals surface area contributed by atoms with Gasteiger partial charge in [-0.3, -0.25) is 9.48 Å². The van der Waals surface area contributed by atoms with Crippen LogP contribution in [0.15, 0.2) is 49.3 Å². The van der Waals surface area contributed by atoms with Crippen LogP contribution in [0.4, 0.5) is 0 Å². The zero-order chi connectivity index (χ0) is 17.4. The molecule has 2 heterocycles. The Morgan fingerprint density at radius 3 is 2.72 bits per heavy atom. The van der Waals surface area contributed by atoms with Gasteiger partial charge in [-0.25, -0.2) is 9.67 Å². The van der Waals surface area contributed by atoms with Crippen LogP contribution in [0.3, 0.4) is 0 Å². The maximum absolute atomic E-state index is 12.5. The highest BCUT2D eigenvalue weighted by Gasteiger charge is 2.44. The van der Waals surface area contributed by atoms with Crippen molar-refractivity contribution in [3.05, 3.63) is 60.4 Å². The van der Waals surface area contributed by atoms with Crippen LogP contribution in [0.5, 0.6) is 0 Å². The molecule has 25 heavy (non-hydrogen) atoms. The van der Waals surface area contributed by atoms with Gasteiger partial charge in [-0.05, 0) is 42.5 Å². The molecule has 4 rings (SSSR count). The fourth-order valence-corrected chi connectivity index (χ4v) is 3.15. The third-order valence-corrected chi connectivity index (χ3v) is 4.72. The second kappa shape index (κ2) is 6.16. The Hall–Kier alpha value is -2.96. The second-order valence-corrected chi connectivity index (χ2v) is 6.56. The molecular weight excluding hydrogens is 316 g/mol. The number of carbonyl (C=O) groups excluding carboxylic acids is 1. The highest BCUT2D eigenvalue weighted by molar-refractivity contribution is 5.83. The molecule has 0 bridgehead atoms. The van der Waals surface area contributed by atoms with E-state index in [-0.39, 0.29) is 17.9 Å². The van der Waals surface area contributed by atoms with Gasteiger partial charge in [-0.2, -0.15) is 10.2 Å². The number of benzene rings is 1. The lowest BCUT2D eigenvalue weighted by molar-refractivity contribution is -0.123. The summed E-state index contributed by atoms with van der Waals surface area (Å²) in [6, 6.07) is 7.93. The number of amides is 1. The molecule has 7 heteroatoms. The van der Waals surface area contributed by atoms with Gasteiger partial charge in [0.05, 0.1) is 17.9 Å². The van der Waals surface area contributed by atoms with Crippen molar-refractivity contribution in [3.63, 3.8) is 0 Å². The normalized spacial score (nSPS) is 20.2. The van der Waals surface area contributed by atoms with Crippen molar-refractivity contribution in [2.75, 3.05) is 0 Å². The summed E-state index contributed by atoms with van der Waals surface area (Å²) in [6.07, 6.45) is 7.90. The predicted octanol–water partition coefficient (Wildman–Crippen LogP) is 1.98. The molecule has 0 spiro atoms. The topological polar surface area (TPSA) is 77.6 Å². The number of hydrogen-bond acceptors (Lipinski definition) is 4. The second-order valence-electron chi connectivity index (χ2n) is 6.56. The van der Waals surface area contributed by atoms with Gasteiger partial charge in [0, 0.05) is 19.2 Å². The van der Waals surface area contributed by atoms with Crippen molar-refractivity contribution in [1.82, 2.24) is 29.9 Å². The molecule has 1 aromatic carbocycles. The van der Waals surface area contributed by atoms with Crippen molar-refractivity contribution in [2.45, 2.75) is 25.3 Å². The molecule has 1 saturated carbocycles. The Morgan fingerprint density at radius 2 is 2.08 bits per heavy atom. The number of hydrogen-bond donors (Lipinski definition) is 1. The number of nitrogens with zero attached hydrogens (tertiary/aromatic N) is 5. The van der Waals surface area contributed by atoms with Crippen molar-refractivity contribution in [1.29, 1.82) is 0 Å². The molecule has 1 aliphatic rings. The monoisotopic (exact) mass is 336 g/mol. The predicted molar refractivity (Wildman–Crippen MR) is 92.0 cm³/mol. The highest BCUT2D eigenvalue weighted by Crippen LogP contribution is 2.47. The molecule has 1 N–H and O–H groups in total. The minimum atomic E-state index is -0.0348. The van der Waals surface area contributed by atoms with E-state index in [0.29, 0.717) is 5.92 Å². The lowest BCUT2D eigenvalue weighted by Crippen LogP contribution is -2.28. The minimum absolute atomic E-state index is 0.0348. The molecule has 128 valence electrons. The van der Waals surface area contributed by atoms with Crippen molar-refractivity contribution in [2.24, 2.45) is 13.0 Å². The third-order valence-electron chi connectivity index (χ3n) is 4.72. The first-order chi connectivity index (χ1) is 12.1. The molecule has 0 aliphatic heterocycles. The largest absolute Gasteiger partial charge is 0.349 e. The number of nitrogens with one attached hydrogen (secondary N) is 1. The molecule has 1 amide bonds. The molecule has 0 saturated heterocycles. The summed E-state index contributed by atoms with van der Waals surface area (Å²) in [6.45, 7) is 2.00. The van der Waals surface area contributed by atoms with E-state index in [2.05, 4.69) is 20.5 Å². The first-order valence-electron chi connectivity index (χ1n) is 8.35. The number of rotatable bonds is 5. The lowest BCUT2D eigenvalue weighted by Gasteiger charge is -2.15. The Kier molecular flexibility index (Phi) is 3.83. The van der Waals surface area contributed by atoms with Crippen molar-refractivity contribution in [3.8, 4) is 5.69 Å². The van der Waals surface area contributed by atoms with E-state index in [1.807, 2.05) is 50.6 Å². The third kappa shape index (κ3) is 3.17. The zero-order valence-electron chi connectivity index (χ0n) is 14.2. The van der Waals surface area contributed by atoms with E-state index in [4.69, 9.17) is 0 Å². The summed E-state index contributed by atoms with van der Waals surface area (Å²) in [5.41, 5.74) is 3.15. The molecule has 1 fully saturated rings. The Labute approximate surface area is 145 Å². The van der Waals surface area contributed by atoms with Gasteiger partial charge >= 0.3 is 0 Å². The average Bonchev–Trinajstić information content (AvgIpc) is 3.02. The van der Waals surface area contributed by atoms with Gasteiger partial charge < -0.3 is 5.32 Å². The zero-order valence-corrected chi connectivity index (χ0v) is 14.2. The summed E-state index contributed by atoms with van der Waals surface area (Å²) in [5, 5.41) is 11.4. The fourth-order valence-electron chi connectivity index (χ4n) is 3.15. The summed E-state index contributed by atoms with van der Waals surface area (Å²) in [7, 11) is 1.89. The van der Waals surface area contributed by atoms with Crippen molar-refractivity contribution < 1.29 is 4.79 Å². The summed E-state index contributed by atoms with van der Waals surface area (Å²) in [5.74, 6) is 0.471. The lowest BCUT2D eigenvalue weighted by atomic mass is 10.1. The van der Waals surface area contributed by atoms with Gasteiger partial charge in [0.15, 0.2) is 0 Å². The Morgan fingerprint density at radius 1 is 1.28 bits per heavy atom. The number of carbonyl (C=O) groups is 1. The molecule has 0 unspecified atom stereocenters. The van der Waals surface area contributed by atoms with Crippen LogP contribution >= 0.6 is 0 Å². The molecular formula is C18H20N6O. The van der Waals surface area contributed by atoms with Crippen LogP contribution in [0, 0.1) is 5.92 Å². The van der Waals surface area contributed by atoms with Gasteiger partial charge in [0.2, 0.25) is 5.91 Å². The number of aromatic nitrogens is 5. The molecule has 2 aromatic heterocycles. The van der Waals surface area contributed by atoms with Crippen LogP contribution in [-0.4, -0.2) is 30.5 Å². The summed E-state index contributed by atoms with van der Waals surface area (Å²) in [4.78, 5) is 16.4. The van der Waals surface area contributed by atoms with Gasteiger partial charge in [0.1, 0.15) is 12.7 Å². The molecule has 0 radical (unpaired) electrons. The fraction of sp³-hybridized carbons (Fsp3) is 0.333. The molecule has 3 aromatic rings. The van der Waals surface area contributed by atoms with Crippen LogP contribution in [0.1, 0.15) is 36.4 Å². The number of aryl methyl sites for hydroxylation is 1. The molecule has 7 nitrogen and oxygen atoms in total. The van der Waals surface area contributed by atoms with E-state index < -0.39 is 0 Å². The molecule has 1 aliphatic carbocycles. The summed E-state index contributed by atoms with van der Waals surface area (Å²) >= 11 is 0. The van der Waals surface area contributed by atoms with Gasteiger partial charge in [0.25, 0.3) is 0 Å². The first kappa shape index (κ1) is 15.6. The van der Waals surface area contributed by atoms with Crippen LogP contribution < -0.4 is 5.32 Å². The highest BCUT2D eigenvalue weighted by atomic mass is 16.2. The maximum atomic E-state index is 12.5. The smallest absolute Gasteiger partial charge is 0.224 e. The quantitative estimate of drug-likeness (QED) is 0.773. The van der Waals surface area contributed by atoms with E-state index in [1.165, 1.54) is 6.33 Å². The van der Waals surface area contributed by atoms with Crippen LogP contribution in [0.25, 0.3) is 5.69 Å². The van der Waals surface area contributed by atoms with Crippen LogP contribution in [-0.2, 0) is 11.8 Å². The Balaban J connectivity index is 1.37. The minimum Gasteiger partial charge on any atom is -0.349 e. The van der Waals surface area contributed by atoms with Gasteiger partial charge in [-0.1, -0.05) is 12.1 Å². The van der Waals surface area contributed by atoms with E-state index in [0.717, 1.165) is 23.2 Å². The van der Waals surface area contributed by atoms with Crippen LogP contribution in [0.2, 0.25) is 0 Å². The SMILES string of the molecule is C[C@H](NC(=O)[C@H]1C[C@@H]1c1cnn(C)c1)c1ccc(-n2cncn2)cc1. The standard InChI is InChI=1S/C18H20N6O/c1-12(13-3-5-15(6-4-13)24-11-19-10-21-24)22-18(25)17-7-16(17)14-8-20-23(2)9-14/h3-6,8-12,16-17H,7H2,1-2H3,(H,22,25)/t12-,16+,17-/m0/s1. The average molecular weight is 336 g/mol.